The minimum Gasteiger partial charge on any atom is -0.409 e. The van der Waals surface area contributed by atoms with E-state index in [4.69, 9.17) is 10.9 Å². The fraction of sp³-hybridized carbons (Fsp3) is 0.846. The summed E-state index contributed by atoms with van der Waals surface area (Å²) in [4.78, 5) is 14.6. The molecule has 0 aromatic rings. The zero-order chi connectivity index (χ0) is 13.2. The molecule has 1 aliphatic carbocycles. The SMILES string of the molecule is CC1CCN(C(=O)C2(/C(N)=N/O)CCCC2)CC1. The van der Waals surface area contributed by atoms with E-state index in [9.17, 15) is 4.79 Å². The van der Waals surface area contributed by atoms with Gasteiger partial charge in [0.05, 0.1) is 0 Å². The van der Waals surface area contributed by atoms with E-state index in [0.29, 0.717) is 18.8 Å². The number of hydrogen-bond acceptors (Lipinski definition) is 3. The highest BCUT2D eigenvalue weighted by molar-refractivity contribution is 6.07. The number of piperidine rings is 1. The summed E-state index contributed by atoms with van der Waals surface area (Å²) in [6, 6.07) is 0. The van der Waals surface area contributed by atoms with Gasteiger partial charge in [-0.2, -0.15) is 0 Å². The van der Waals surface area contributed by atoms with Crippen molar-refractivity contribution in [2.24, 2.45) is 22.2 Å². The topological polar surface area (TPSA) is 78.9 Å². The molecule has 102 valence electrons. The summed E-state index contributed by atoms with van der Waals surface area (Å²) in [5.41, 5.74) is 5.07. The number of amidine groups is 1. The number of likely N-dealkylation sites (tertiary alicyclic amines) is 1. The van der Waals surface area contributed by atoms with E-state index in [0.717, 1.165) is 38.8 Å². The fourth-order valence-electron chi connectivity index (χ4n) is 3.17. The zero-order valence-corrected chi connectivity index (χ0v) is 11.1. The predicted molar refractivity (Wildman–Crippen MR) is 69.3 cm³/mol. The second kappa shape index (κ2) is 5.16. The van der Waals surface area contributed by atoms with Crippen LogP contribution in [0.25, 0.3) is 0 Å². The van der Waals surface area contributed by atoms with Crippen LogP contribution >= 0.6 is 0 Å². The molecule has 0 spiro atoms. The quantitative estimate of drug-likeness (QED) is 0.339. The second-order valence-electron chi connectivity index (χ2n) is 5.75. The van der Waals surface area contributed by atoms with Gasteiger partial charge in [-0.1, -0.05) is 24.9 Å². The number of hydrogen-bond donors (Lipinski definition) is 2. The lowest BCUT2D eigenvalue weighted by Crippen LogP contribution is -2.51. The number of amides is 1. The first-order valence-electron chi connectivity index (χ1n) is 6.87. The molecular weight excluding hydrogens is 230 g/mol. The van der Waals surface area contributed by atoms with Gasteiger partial charge < -0.3 is 15.8 Å². The Bertz CT molecular complexity index is 340. The average Bonchev–Trinajstić information content (AvgIpc) is 2.88. The van der Waals surface area contributed by atoms with Crippen molar-refractivity contribution in [3.8, 4) is 0 Å². The molecule has 1 heterocycles. The van der Waals surface area contributed by atoms with Gasteiger partial charge in [0.1, 0.15) is 5.41 Å². The second-order valence-corrected chi connectivity index (χ2v) is 5.75. The van der Waals surface area contributed by atoms with Crippen LogP contribution in [0.5, 0.6) is 0 Å². The number of nitrogens with zero attached hydrogens (tertiary/aromatic N) is 2. The summed E-state index contributed by atoms with van der Waals surface area (Å²) in [6.07, 6.45) is 5.50. The normalized spacial score (nSPS) is 25.4. The smallest absolute Gasteiger partial charge is 0.236 e. The van der Waals surface area contributed by atoms with Crippen molar-refractivity contribution in [2.75, 3.05) is 13.1 Å². The van der Waals surface area contributed by atoms with Gasteiger partial charge in [0.15, 0.2) is 5.84 Å². The van der Waals surface area contributed by atoms with Gasteiger partial charge in [-0.25, -0.2) is 0 Å². The first-order valence-corrected chi connectivity index (χ1v) is 6.87. The van der Waals surface area contributed by atoms with Crippen molar-refractivity contribution in [1.82, 2.24) is 4.90 Å². The van der Waals surface area contributed by atoms with Crippen LogP contribution in [-0.4, -0.2) is 34.9 Å². The Morgan fingerprint density at radius 3 is 2.39 bits per heavy atom. The van der Waals surface area contributed by atoms with Crippen LogP contribution in [0.15, 0.2) is 5.16 Å². The van der Waals surface area contributed by atoms with Crippen molar-refractivity contribution >= 4 is 11.7 Å². The standard InChI is InChI=1S/C13H23N3O2/c1-10-4-8-16(9-5-10)12(17)13(11(14)15-18)6-2-3-7-13/h10,18H,2-9H2,1H3,(H2,14,15). The predicted octanol–water partition coefficient (Wildman–Crippen LogP) is 1.55. The highest BCUT2D eigenvalue weighted by Crippen LogP contribution is 2.40. The molecule has 0 bridgehead atoms. The van der Waals surface area contributed by atoms with E-state index in [1.807, 2.05) is 4.90 Å². The molecule has 0 aromatic carbocycles. The third-order valence-electron chi connectivity index (χ3n) is 4.54. The van der Waals surface area contributed by atoms with E-state index in [1.165, 1.54) is 0 Å². The van der Waals surface area contributed by atoms with Gasteiger partial charge in [0, 0.05) is 13.1 Å². The summed E-state index contributed by atoms with van der Waals surface area (Å²) in [7, 11) is 0. The lowest BCUT2D eigenvalue weighted by atomic mass is 9.82. The van der Waals surface area contributed by atoms with E-state index >= 15 is 0 Å². The number of nitrogens with two attached hydrogens (primary N) is 1. The number of rotatable bonds is 2. The van der Waals surface area contributed by atoms with Crippen LogP contribution in [-0.2, 0) is 4.79 Å². The Labute approximate surface area is 108 Å². The van der Waals surface area contributed by atoms with Crippen molar-refractivity contribution in [3.63, 3.8) is 0 Å². The molecule has 0 unspecified atom stereocenters. The van der Waals surface area contributed by atoms with Crippen molar-refractivity contribution < 1.29 is 10.0 Å². The van der Waals surface area contributed by atoms with Crippen LogP contribution in [0.2, 0.25) is 0 Å². The van der Waals surface area contributed by atoms with Crippen LogP contribution in [0.1, 0.15) is 45.4 Å². The van der Waals surface area contributed by atoms with Crippen molar-refractivity contribution in [1.29, 1.82) is 0 Å². The number of carbonyl (C=O) groups excluding carboxylic acids is 1. The van der Waals surface area contributed by atoms with Gasteiger partial charge >= 0.3 is 0 Å². The molecule has 1 amide bonds. The summed E-state index contributed by atoms with van der Waals surface area (Å²) >= 11 is 0. The number of oxime groups is 1. The molecule has 1 saturated carbocycles. The van der Waals surface area contributed by atoms with Gasteiger partial charge in [-0.15, -0.1) is 0 Å². The minimum absolute atomic E-state index is 0.0715. The molecule has 1 saturated heterocycles. The van der Waals surface area contributed by atoms with E-state index in [-0.39, 0.29) is 11.7 Å². The van der Waals surface area contributed by atoms with Crippen LogP contribution < -0.4 is 5.73 Å². The Balaban J connectivity index is 2.14. The van der Waals surface area contributed by atoms with Crippen molar-refractivity contribution in [2.45, 2.75) is 45.4 Å². The van der Waals surface area contributed by atoms with E-state index < -0.39 is 5.41 Å². The van der Waals surface area contributed by atoms with Gasteiger partial charge in [0.2, 0.25) is 5.91 Å². The zero-order valence-electron chi connectivity index (χ0n) is 11.1. The van der Waals surface area contributed by atoms with Gasteiger partial charge in [-0.3, -0.25) is 4.79 Å². The molecule has 5 heteroatoms. The first kappa shape index (κ1) is 13.2. The minimum atomic E-state index is -0.727. The van der Waals surface area contributed by atoms with E-state index in [2.05, 4.69) is 12.1 Å². The molecular formula is C13H23N3O2. The van der Waals surface area contributed by atoms with Crippen LogP contribution in [0.3, 0.4) is 0 Å². The largest absolute Gasteiger partial charge is 0.409 e. The Morgan fingerprint density at radius 2 is 1.89 bits per heavy atom. The Kier molecular flexibility index (Phi) is 3.78. The molecule has 2 fully saturated rings. The highest BCUT2D eigenvalue weighted by atomic mass is 16.4. The summed E-state index contributed by atoms with van der Waals surface area (Å²) < 4.78 is 0. The fourth-order valence-corrected chi connectivity index (χ4v) is 3.17. The molecule has 0 atom stereocenters. The molecule has 2 aliphatic rings. The molecule has 0 radical (unpaired) electrons. The molecule has 1 aliphatic heterocycles. The van der Waals surface area contributed by atoms with Crippen LogP contribution in [0, 0.1) is 11.3 Å². The summed E-state index contributed by atoms with van der Waals surface area (Å²) in [5.74, 6) is 0.864. The lowest BCUT2D eigenvalue weighted by Gasteiger charge is -2.37. The molecule has 18 heavy (non-hydrogen) atoms. The van der Waals surface area contributed by atoms with Gasteiger partial charge in [0.25, 0.3) is 0 Å². The maximum absolute atomic E-state index is 12.7. The van der Waals surface area contributed by atoms with E-state index in [1.54, 1.807) is 0 Å². The Morgan fingerprint density at radius 1 is 1.33 bits per heavy atom. The highest BCUT2D eigenvalue weighted by Gasteiger charge is 2.47. The monoisotopic (exact) mass is 253 g/mol. The number of carbonyl (C=O) groups is 1. The van der Waals surface area contributed by atoms with Crippen LogP contribution in [0.4, 0.5) is 0 Å². The third kappa shape index (κ3) is 2.18. The average molecular weight is 253 g/mol. The molecule has 0 aromatic heterocycles. The van der Waals surface area contributed by atoms with Crippen molar-refractivity contribution in [3.05, 3.63) is 0 Å². The van der Waals surface area contributed by atoms with Gasteiger partial charge in [-0.05, 0) is 31.6 Å². The lowest BCUT2D eigenvalue weighted by molar-refractivity contribution is -0.139. The first-order chi connectivity index (χ1) is 8.60. The maximum Gasteiger partial charge on any atom is 0.236 e. The summed E-state index contributed by atoms with van der Waals surface area (Å²) in [5, 5.41) is 12.1. The molecule has 3 N–H and O–H groups in total. The molecule has 5 nitrogen and oxygen atoms in total. The summed E-state index contributed by atoms with van der Waals surface area (Å²) in [6.45, 7) is 3.83. The molecule has 2 rings (SSSR count). The third-order valence-corrected chi connectivity index (χ3v) is 4.54. The Hall–Kier alpha value is -1.26. The maximum atomic E-state index is 12.7.